The van der Waals surface area contributed by atoms with Crippen molar-refractivity contribution < 1.29 is 0 Å². The van der Waals surface area contributed by atoms with Gasteiger partial charge in [-0.15, -0.1) is 40.8 Å². The predicted octanol–water partition coefficient (Wildman–Crippen LogP) is -0.446. The SMILES string of the molecule is CC[C@H](Cn1cnnn1)n1cnc2cc3c(=O)n([C@H](CC)Cn4cnnn4)nnc3cc2c1=O.CC[C@H](Cn1ncnn1)n1cnc2cc3c(=O)n([C@H](CC)Cn4ncnn4)nnc3cc2c1=O. The number of benzene rings is 2. The summed E-state index contributed by atoms with van der Waals surface area (Å²) in [6, 6.07) is 5.30. The maximum atomic E-state index is 13.3. The van der Waals surface area contributed by atoms with Crippen LogP contribution in [-0.4, -0.2) is 130 Å². The van der Waals surface area contributed by atoms with Crippen molar-refractivity contribution in [2.45, 2.75) is 104 Å². The number of aromatic nitrogens is 26. The van der Waals surface area contributed by atoms with Crippen molar-refractivity contribution in [3.05, 3.63) is 104 Å². The molecule has 10 aromatic rings. The van der Waals surface area contributed by atoms with Crippen LogP contribution in [0.2, 0.25) is 0 Å². The van der Waals surface area contributed by atoms with E-state index >= 15 is 0 Å². The molecule has 0 aliphatic rings. The normalized spacial score (nSPS) is 13.5. The molecule has 0 fully saturated rings. The molecule has 8 heterocycles. The Morgan fingerprint density at radius 1 is 0.426 bits per heavy atom. The number of nitrogens with zero attached hydrogens (tertiary/aromatic N) is 26. The van der Waals surface area contributed by atoms with Gasteiger partial charge in [-0.3, -0.25) is 28.3 Å². The van der Waals surface area contributed by atoms with Crippen LogP contribution < -0.4 is 22.2 Å². The average molecular weight is 927 g/mol. The number of rotatable bonds is 16. The van der Waals surface area contributed by atoms with Gasteiger partial charge in [-0.1, -0.05) is 38.1 Å². The number of tetrazole rings is 4. The van der Waals surface area contributed by atoms with Crippen LogP contribution in [0.3, 0.4) is 0 Å². The summed E-state index contributed by atoms with van der Waals surface area (Å²) in [6.45, 7) is 9.31. The Morgan fingerprint density at radius 2 is 0.824 bits per heavy atom. The standard InChI is InChI=1S/2C19H21N13O2/c1-3-12(7-30-23-9-21-26-30)29-11-20-16-5-15-17(6-14(16)18(29)33)25-28-32(19(15)34)13(4-2)8-31-24-10-22-27-31;1-3-12(7-29-10-21-24-27-29)31-9-20-16-5-15-17(6-14(16)18(31)33)23-26-32(19(15)34)13(4-2)8-30-11-22-25-28-30/h2*5-6,9-13H,3-4,7-8H2,1-2H3/t2*12-,13-/m11/s1. The topological polar surface area (TPSA) is 340 Å². The summed E-state index contributed by atoms with van der Waals surface area (Å²) in [5.41, 5.74) is 0.357. The average Bonchev–Trinajstić information content (AvgIpc) is 4.23. The van der Waals surface area contributed by atoms with Crippen LogP contribution in [0.15, 0.2) is 81.4 Å². The summed E-state index contributed by atoms with van der Waals surface area (Å²) in [5.74, 6) is 0. The Hall–Kier alpha value is -8.86. The van der Waals surface area contributed by atoms with E-state index in [0.717, 1.165) is 0 Å². The lowest BCUT2D eigenvalue weighted by molar-refractivity contribution is 0.324. The first-order chi connectivity index (χ1) is 33.2. The van der Waals surface area contributed by atoms with E-state index in [9.17, 15) is 19.2 Å². The second-order valence-electron chi connectivity index (χ2n) is 15.7. The zero-order valence-electron chi connectivity index (χ0n) is 37.0. The number of fused-ring (bicyclic) bond motifs is 4. The largest absolute Gasteiger partial charge is 0.294 e. The number of hydrogen-bond acceptors (Lipinski definition) is 22. The van der Waals surface area contributed by atoms with Crippen molar-refractivity contribution in [1.82, 2.24) is 130 Å². The molecule has 0 radical (unpaired) electrons. The first kappa shape index (κ1) is 44.3. The molecule has 0 unspecified atom stereocenters. The van der Waals surface area contributed by atoms with Crippen LogP contribution in [0.5, 0.6) is 0 Å². The molecule has 0 aliphatic carbocycles. The van der Waals surface area contributed by atoms with Gasteiger partial charge in [-0.25, -0.2) is 28.7 Å². The van der Waals surface area contributed by atoms with Gasteiger partial charge >= 0.3 is 0 Å². The molecule has 10 rings (SSSR count). The van der Waals surface area contributed by atoms with E-state index in [1.165, 1.54) is 61.6 Å². The van der Waals surface area contributed by atoms with Gasteiger partial charge in [0.05, 0.1) is 95.6 Å². The van der Waals surface area contributed by atoms with Crippen LogP contribution in [0, 0.1) is 0 Å². The zero-order chi connectivity index (χ0) is 47.3. The van der Waals surface area contributed by atoms with Crippen molar-refractivity contribution in [3.8, 4) is 0 Å². The molecular weight excluding hydrogens is 885 g/mol. The van der Waals surface area contributed by atoms with Gasteiger partial charge in [-0.2, -0.15) is 9.59 Å². The molecule has 8 aromatic heterocycles. The molecule has 0 spiro atoms. The quantitative estimate of drug-likeness (QED) is 0.111. The van der Waals surface area contributed by atoms with E-state index in [2.05, 4.69) is 92.5 Å². The third kappa shape index (κ3) is 8.79. The molecule has 0 saturated carbocycles. The van der Waals surface area contributed by atoms with E-state index in [4.69, 9.17) is 0 Å². The van der Waals surface area contributed by atoms with Gasteiger partial charge in [0.2, 0.25) is 0 Å². The van der Waals surface area contributed by atoms with Crippen molar-refractivity contribution in [2.75, 3.05) is 0 Å². The maximum Gasteiger partial charge on any atom is 0.278 e. The highest BCUT2D eigenvalue weighted by Gasteiger charge is 2.22. The van der Waals surface area contributed by atoms with Gasteiger partial charge in [0.15, 0.2) is 12.7 Å². The second kappa shape index (κ2) is 19.3. The lowest BCUT2D eigenvalue weighted by atomic mass is 10.1. The number of hydrogen-bond donors (Lipinski definition) is 0. The van der Waals surface area contributed by atoms with E-state index in [-0.39, 0.29) is 46.4 Å². The molecule has 0 saturated heterocycles. The third-order valence-electron chi connectivity index (χ3n) is 11.6. The predicted molar refractivity (Wildman–Crippen MR) is 235 cm³/mol. The summed E-state index contributed by atoms with van der Waals surface area (Å²) < 4.78 is 8.86. The Bertz CT molecular complexity index is 3080. The summed E-state index contributed by atoms with van der Waals surface area (Å²) in [7, 11) is 0. The van der Waals surface area contributed by atoms with E-state index in [1.807, 2.05) is 27.7 Å². The van der Waals surface area contributed by atoms with Gasteiger partial charge < -0.3 is 0 Å². The Labute approximate surface area is 380 Å². The highest BCUT2D eigenvalue weighted by atomic mass is 16.1. The zero-order valence-corrected chi connectivity index (χ0v) is 37.0. The first-order valence-electron chi connectivity index (χ1n) is 21.6. The Balaban J connectivity index is 0.000000170. The molecule has 0 bridgehead atoms. The Morgan fingerprint density at radius 3 is 1.24 bits per heavy atom. The van der Waals surface area contributed by atoms with Crippen molar-refractivity contribution in [2.24, 2.45) is 0 Å². The fourth-order valence-electron chi connectivity index (χ4n) is 7.84. The molecule has 30 heteroatoms. The molecule has 0 aliphatic heterocycles. The fraction of sp³-hybridized carbons (Fsp3) is 0.421. The van der Waals surface area contributed by atoms with Gasteiger partial charge in [0.25, 0.3) is 22.2 Å². The van der Waals surface area contributed by atoms with Crippen LogP contribution in [-0.2, 0) is 26.2 Å². The highest BCUT2D eigenvalue weighted by molar-refractivity contribution is 5.94. The van der Waals surface area contributed by atoms with Gasteiger partial charge in [0, 0.05) is 0 Å². The Kier molecular flexibility index (Phi) is 12.6. The van der Waals surface area contributed by atoms with E-state index in [0.29, 0.717) is 95.5 Å². The summed E-state index contributed by atoms with van der Waals surface area (Å²) in [4.78, 5) is 64.8. The van der Waals surface area contributed by atoms with Crippen molar-refractivity contribution in [3.63, 3.8) is 0 Å². The van der Waals surface area contributed by atoms with E-state index < -0.39 is 0 Å². The van der Waals surface area contributed by atoms with Crippen LogP contribution in [0.25, 0.3) is 43.6 Å². The molecule has 0 N–H and O–H groups in total. The van der Waals surface area contributed by atoms with Crippen molar-refractivity contribution >= 4 is 43.6 Å². The van der Waals surface area contributed by atoms with Crippen molar-refractivity contribution in [1.29, 1.82) is 0 Å². The summed E-state index contributed by atoms with van der Waals surface area (Å²) in [6.07, 6.45) is 11.2. The fourth-order valence-corrected chi connectivity index (χ4v) is 7.84. The summed E-state index contributed by atoms with van der Waals surface area (Å²) >= 11 is 0. The van der Waals surface area contributed by atoms with Crippen LogP contribution >= 0.6 is 0 Å². The third-order valence-corrected chi connectivity index (χ3v) is 11.6. The minimum atomic E-state index is -0.325. The van der Waals surface area contributed by atoms with Crippen LogP contribution in [0.1, 0.15) is 77.5 Å². The molecule has 2 aromatic carbocycles. The molecule has 348 valence electrons. The van der Waals surface area contributed by atoms with Gasteiger partial charge in [0.1, 0.15) is 23.7 Å². The molecule has 68 heavy (non-hydrogen) atoms. The lowest BCUT2D eigenvalue weighted by Gasteiger charge is -2.18. The smallest absolute Gasteiger partial charge is 0.278 e. The molecular formula is C38H42N26O4. The second-order valence-corrected chi connectivity index (χ2v) is 15.7. The molecule has 0 amide bonds. The molecule has 30 nitrogen and oxygen atoms in total. The monoisotopic (exact) mass is 926 g/mol. The lowest BCUT2D eigenvalue weighted by Crippen LogP contribution is -2.31. The minimum absolute atomic E-state index is 0.195. The summed E-state index contributed by atoms with van der Waals surface area (Å²) in [5, 5.41) is 63.5. The van der Waals surface area contributed by atoms with E-state index in [1.54, 1.807) is 38.1 Å². The highest BCUT2D eigenvalue weighted by Crippen LogP contribution is 2.20. The first-order valence-corrected chi connectivity index (χ1v) is 21.6. The van der Waals surface area contributed by atoms with Gasteiger partial charge in [-0.05, 0) is 81.2 Å². The maximum absolute atomic E-state index is 13.3. The van der Waals surface area contributed by atoms with Crippen LogP contribution in [0.4, 0.5) is 0 Å². The molecule has 4 atom stereocenters. The minimum Gasteiger partial charge on any atom is -0.294 e.